The molecular weight excluding hydrogens is 212 g/mol. The molecule has 0 aromatic heterocycles. The summed E-state index contributed by atoms with van der Waals surface area (Å²) in [5.41, 5.74) is 0. The van der Waals surface area contributed by atoms with Gasteiger partial charge in [0.05, 0.1) is 19.8 Å². The molecule has 1 aliphatic rings. The molecule has 6 nitrogen and oxygen atoms in total. The van der Waals surface area contributed by atoms with E-state index >= 15 is 0 Å². The highest BCUT2D eigenvalue weighted by atomic mass is 16.6. The summed E-state index contributed by atoms with van der Waals surface area (Å²) >= 11 is 0. The van der Waals surface area contributed by atoms with Crippen molar-refractivity contribution in [2.75, 3.05) is 33.9 Å². The van der Waals surface area contributed by atoms with E-state index in [1.165, 1.54) is 7.11 Å². The first kappa shape index (κ1) is 12.9. The van der Waals surface area contributed by atoms with Gasteiger partial charge in [0, 0.05) is 20.1 Å². The van der Waals surface area contributed by atoms with Crippen LogP contribution in [-0.4, -0.2) is 62.8 Å². The monoisotopic (exact) mass is 230 g/mol. The van der Waals surface area contributed by atoms with Crippen molar-refractivity contribution < 1.29 is 19.1 Å². The second-order valence-electron chi connectivity index (χ2n) is 3.67. The Morgan fingerprint density at radius 2 is 2.25 bits per heavy atom. The third-order valence-corrected chi connectivity index (χ3v) is 2.74. The molecule has 0 aliphatic carbocycles. The van der Waals surface area contributed by atoms with E-state index in [1.807, 2.05) is 4.90 Å². The van der Waals surface area contributed by atoms with Gasteiger partial charge < -0.3 is 14.8 Å². The number of ether oxygens (including phenoxy) is 2. The van der Waals surface area contributed by atoms with Crippen LogP contribution in [-0.2, 0) is 19.1 Å². The molecule has 1 heterocycles. The SMILES string of the molecule is CNC(=O)C(C)N1CCOC(C(=O)OC)C1. The summed E-state index contributed by atoms with van der Waals surface area (Å²) in [7, 11) is 2.92. The van der Waals surface area contributed by atoms with Crippen molar-refractivity contribution in [1.29, 1.82) is 0 Å². The van der Waals surface area contributed by atoms with E-state index < -0.39 is 12.1 Å². The van der Waals surface area contributed by atoms with Crippen LogP contribution < -0.4 is 5.32 Å². The summed E-state index contributed by atoms with van der Waals surface area (Å²) < 4.78 is 9.89. The third kappa shape index (κ3) is 2.93. The molecule has 1 fully saturated rings. The maximum atomic E-state index is 11.4. The number of carbonyl (C=O) groups excluding carboxylic acids is 2. The molecule has 0 radical (unpaired) electrons. The molecule has 1 rings (SSSR count). The maximum Gasteiger partial charge on any atom is 0.336 e. The quantitative estimate of drug-likeness (QED) is 0.629. The van der Waals surface area contributed by atoms with Crippen molar-refractivity contribution in [2.24, 2.45) is 0 Å². The van der Waals surface area contributed by atoms with Crippen LogP contribution in [0, 0.1) is 0 Å². The standard InChI is InChI=1S/C10H18N2O4/c1-7(9(13)11-2)12-4-5-16-8(6-12)10(14)15-3/h7-8H,4-6H2,1-3H3,(H,11,13). The number of hydrogen-bond donors (Lipinski definition) is 1. The number of nitrogens with zero attached hydrogens (tertiary/aromatic N) is 1. The Balaban J connectivity index is 2.56. The Morgan fingerprint density at radius 1 is 1.56 bits per heavy atom. The zero-order chi connectivity index (χ0) is 12.1. The highest BCUT2D eigenvalue weighted by molar-refractivity contribution is 5.81. The number of nitrogens with one attached hydrogen (secondary N) is 1. The molecule has 1 aliphatic heterocycles. The number of rotatable bonds is 3. The van der Waals surface area contributed by atoms with Gasteiger partial charge in [-0.15, -0.1) is 0 Å². The molecule has 16 heavy (non-hydrogen) atoms. The fourth-order valence-corrected chi connectivity index (χ4v) is 1.67. The average molecular weight is 230 g/mol. The number of carbonyl (C=O) groups is 2. The molecule has 1 saturated heterocycles. The van der Waals surface area contributed by atoms with Crippen LogP contribution >= 0.6 is 0 Å². The van der Waals surface area contributed by atoms with Gasteiger partial charge in [-0.2, -0.15) is 0 Å². The molecule has 1 N–H and O–H groups in total. The highest BCUT2D eigenvalue weighted by Gasteiger charge is 2.31. The van der Waals surface area contributed by atoms with Gasteiger partial charge >= 0.3 is 5.97 Å². The Hall–Kier alpha value is -1.14. The summed E-state index contributed by atoms with van der Waals surface area (Å²) in [5, 5.41) is 2.58. The largest absolute Gasteiger partial charge is 0.467 e. The summed E-state index contributed by atoms with van der Waals surface area (Å²) in [6.07, 6.45) is -0.592. The van der Waals surface area contributed by atoms with Crippen molar-refractivity contribution in [3.05, 3.63) is 0 Å². The van der Waals surface area contributed by atoms with Crippen LogP contribution in [0.1, 0.15) is 6.92 Å². The van der Waals surface area contributed by atoms with Gasteiger partial charge in [0.1, 0.15) is 0 Å². The lowest BCUT2D eigenvalue weighted by molar-refractivity contribution is -0.161. The van der Waals surface area contributed by atoms with Crippen molar-refractivity contribution in [1.82, 2.24) is 10.2 Å². The lowest BCUT2D eigenvalue weighted by Crippen LogP contribution is -2.53. The minimum atomic E-state index is -0.592. The number of amides is 1. The Labute approximate surface area is 94.9 Å². The lowest BCUT2D eigenvalue weighted by atomic mass is 10.2. The summed E-state index contributed by atoms with van der Waals surface area (Å²) in [4.78, 5) is 24.7. The summed E-state index contributed by atoms with van der Waals surface area (Å²) in [6, 6.07) is -0.263. The van der Waals surface area contributed by atoms with Gasteiger partial charge in [0.15, 0.2) is 6.10 Å². The smallest absolute Gasteiger partial charge is 0.336 e. The third-order valence-electron chi connectivity index (χ3n) is 2.74. The zero-order valence-electron chi connectivity index (χ0n) is 9.86. The molecule has 0 aromatic carbocycles. The van der Waals surface area contributed by atoms with Crippen LogP contribution in [0.15, 0.2) is 0 Å². The first-order chi connectivity index (χ1) is 7.60. The molecule has 1 amide bonds. The normalized spacial score (nSPS) is 23.6. The second kappa shape index (κ2) is 5.81. The molecule has 6 heteroatoms. The molecule has 2 unspecified atom stereocenters. The van der Waals surface area contributed by atoms with Gasteiger partial charge in [-0.3, -0.25) is 9.69 Å². The first-order valence-electron chi connectivity index (χ1n) is 5.25. The van der Waals surface area contributed by atoms with Gasteiger partial charge in [-0.1, -0.05) is 0 Å². The topological polar surface area (TPSA) is 67.9 Å². The van der Waals surface area contributed by atoms with Crippen LogP contribution in [0.3, 0.4) is 0 Å². The predicted molar refractivity (Wildman–Crippen MR) is 56.9 cm³/mol. The fraction of sp³-hybridized carbons (Fsp3) is 0.800. The minimum Gasteiger partial charge on any atom is -0.467 e. The summed E-state index contributed by atoms with van der Waals surface area (Å²) in [5.74, 6) is -0.459. The Bertz CT molecular complexity index is 256. The van der Waals surface area contributed by atoms with E-state index in [0.29, 0.717) is 19.7 Å². The van der Waals surface area contributed by atoms with E-state index in [0.717, 1.165) is 0 Å². The molecule has 0 aromatic rings. The zero-order valence-corrected chi connectivity index (χ0v) is 9.86. The fourth-order valence-electron chi connectivity index (χ4n) is 1.67. The van der Waals surface area contributed by atoms with Crippen molar-refractivity contribution >= 4 is 11.9 Å². The second-order valence-corrected chi connectivity index (χ2v) is 3.67. The molecular formula is C10H18N2O4. The molecule has 0 saturated carbocycles. The molecule has 2 atom stereocenters. The van der Waals surface area contributed by atoms with Gasteiger partial charge in [0.25, 0.3) is 0 Å². The van der Waals surface area contributed by atoms with Crippen molar-refractivity contribution in [3.63, 3.8) is 0 Å². The minimum absolute atomic E-state index is 0.0643. The van der Waals surface area contributed by atoms with E-state index in [1.54, 1.807) is 14.0 Å². The predicted octanol–water partition coefficient (Wildman–Crippen LogP) is -1.01. The van der Waals surface area contributed by atoms with Crippen molar-refractivity contribution in [2.45, 2.75) is 19.1 Å². The van der Waals surface area contributed by atoms with Crippen molar-refractivity contribution in [3.8, 4) is 0 Å². The number of esters is 1. The molecule has 0 spiro atoms. The summed E-state index contributed by atoms with van der Waals surface area (Å²) in [6.45, 7) is 3.27. The Kier molecular flexibility index (Phi) is 4.70. The van der Waals surface area contributed by atoms with Crippen LogP contribution in [0.5, 0.6) is 0 Å². The van der Waals surface area contributed by atoms with E-state index in [2.05, 4.69) is 10.1 Å². The van der Waals surface area contributed by atoms with Crippen LogP contribution in [0.2, 0.25) is 0 Å². The lowest BCUT2D eigenvalue weighted by Gasteiger charge is -2.34. The highest BCUT2D eigenvalue weighted by Crippen LogP contribution is 2.10. The van der Waals surface area contributed by atoms with Gasteiger partial charge in [-0.05, 0) is 6.92 Å². The number of methoxy groups -OCH3 is 1. The van der Waals surface area contributed by atoms with Crippen LogP contribution in [0.4, 0.5) is 0 Å². The average Bonchev–Trinajstić information content (AvgIpc) is 2.36. The number of morpholine rings is 1. The Morgan fingerprint density at radius 3 is 2.81 bits per heavy atom. The maximum absolute atomic E-state index is 11.4. The molecule has 0 bridgehead atoms. The number of likely N-dealkylation sites (N-methyl/N-ethyl adjacent to an activating group) is 1. The first-order valence-corrected chi connectivity index (χ1v) is 5.25. The van der Waals surface area contributed by atoms with Crippen LogP contribution in [0.25, 0.3) is 0 Å². The van der Waals surface area contributed by atoms with E-state index in [4.69, 9.17) is 4.74 Å². The van der Waals surface area contributed by atoms with E-state index in [9.17, 15) is 9.59 Å². The molecule has 92 valence electrons. The number of hydrogen-bond acceptors (Lipinski definition) is 5. The van der Waals surface area contributed by atoms with E-state index in [-0.39, 0.29) is 11.9 Å². The van der Waals surface area contributed by atoms with Gasteiger partial charge in [0.2, 0.25) is 5.91 Å². The van der Waals surface area contributed by atoms with Gasteiger partial charge in [-0.25, -0.2) is 4.79 Å².